The molecule has 16 heavy (non-hydrogen) atoms. The van der Waals surface area contributed by atoms with E-state index in [9.17, 15) is 9.90 Å². The normalized spacial score (nSPS) is 27.9. The first-order chi connectivity index (χ1) is 7.54. The van der Waals surface area contributed by atoms with Crippen LogP contribution >= 0.6 is 0 Å². The minimum atomic E-state index is -0.358. The number of hydrogen-bond donors (Lipinski definition) is 2. The Morgan fingerprint density at radius 3 is 2.81 bits per heavy atom. The van der Waals surface area contributed by atoms with E-state index in [-0.39, 0.29) is 18.6 Å². The third-order valence-electron chi connectivity index (χ3n) is 3.08. The summed E-state index contributed by atoms with van der Waals surface area (Å²) in [5.74, 6) is 1.05. The minimum Gasteiger partial charge on any atom is -0.394 e. The number of carbonyl (C=O) groups excluding carboxylic acids is 1. The van der Waals surface area contributed by atoms with Crippen LogP contribution in [0.25, 0.3) is 0 Å². The van der Waals surface area contributed by atoms with Crippen LogP contribution in [0, 0.1) is 11.8 Å². The molecule has 0 aromatic carbocycles. The van der Waals surface area contributed by atoms with Gasteiger partial charge < -0.3 is 10.4 Å². The highest BCUT2D eigenvalue weighted by atomic mass is 16.3. The third kappa shape index (κ3) is 3.76. The molecule has 0 aromatic heterocycles. The Bertz CT molecular complexity index is 231. The van der Waals surface area contributed by atoms with E-state index in [1.807, 2.05) is 0 Å². The smallest absolute Gasteiger partial charge is 0.239 e. The molecule has 1 fully saturated rings. The van der Waals surface area contributed by atoms with Gasteiger partial charge in [0.1, 0.15) is 6.04 Å². The van der Waals surface area contributed by atoms with Crippen molar-refractivity contribution in [3.63, 3.8) is 0 Å². The molecule has 1 saturated heterocycles. The van der Waals surface area contributed by atoms with Gasteiger partial charge in [-0.1, -0.05) is 20.8 Å². The number of hydrogen-bond acceptors (Lipinski definition) is 3. The SMILES string of the molecule is CC(C)CCN1CC(C)CNC(=O)C1CO. The lowest BCUT2D eigenvalue weighted by atomic mass is 10.1. The highest BCUT2D eigenvalue weighted by molar-refractivity contribution is 5.82. The van der Waals surface area contributed by atoms with Gasteiger partial charge in [0.15, 0.2) is 0 Å². The highest BCUT2D eigenvalue weighted by Crippen LogP contribution is 2.12. The number of nitrogens with zero attached hydrogens (tertiary/aromatic N) is 1. The standard InChI is InChI=1S/C12H24N2O2/c1-9(2)4-5-14-7-10(3)6-13-12(16)11(14)8-15/h9-11,15H,4-8H2,1-3H3,(H,13,16). The van der Waals surface area contributed by atoms with Gasteiger partial charge in [-0.3, -0.25) is 9.69 Å². The number of carbonyl (C=O) groups is 1. The molecule has 0 aromatic rings. The Hall–Kier alpha value is -0.610. The number of aliphatic hydroxyl groups excluding tert-OH is 1. The summed E-state index contributed by atoms with van der Waals surface area (Å²) in [4.78, 5) is 13.9. The minimum absolute atomic E-state index is 0.0318. The Kier molecular flexibility index (Phi) is 5.22. The molecule has 4 nitrogen and oxygen atoms in total. The van der Waals surface area contributed by atoms with Gasteiger partial charge in [-0.25, -0.2) is 0 Å². The van der Waals surface area contributed by atoms with Crippen LogP contribution in [-0.2, 0) is 4.79 Å². The summed E-state index contributed by atoms with van der Waals surface area (Å²) in [7, 11) is 0. The van der Waals surface area contributed by atoms with Crippen molar-refractivity contribution >= 4 is 5.91 Å². The predicted octanol–water partition coefficient (Wildman–Crippen LogP) is 0.461. The molecule has 1 aliphatic heterocycles. The lowest BCUT2D eigenvalue weighted by Gasteiger charge is -2.28. The molecule has 0 bridgehead atoms. The van der Waals surface area contributed by atoms with Crippen molar-refractivity contribution in [2.75, 3.05) is 26.2 Å². The monoisotopic (exact) mass is 228 g/mol. The number of rotatable bonds is 4. The summed E-state index contributed by atoms with van der Waals surface area (Å²) in [6, 6.07) is -0.358. The second-order valence-corrected chi connectivity index (χ2v) is 5.23. The molecule has 4 heteroatoms. The van der Waals surface area contributed by atoms with E-state index in [0.29, 0.717) is 18.4 Å². The van der Waals surface area contributed by atoms with Crippen LogP contribution in [0.5, 0.6) is 0 Å². The first-order valence-electron chi connectivity index (χ1n) is 6.17. The highest BCUT2D eigenvalue weighted by Gasteiger charge is 2.29. The van der Waals surface area contributed by atoms with E-state index in [2.05, 4.69) is 31.0 Å². The Balaban J connectivity index is 2.62. The summed E-state index contributed by atoms with van der Waals surface area (Å²) in [5, 5.41) is 12.2. The Labute approximate surface area is 98.0 Å². The summed E-state index contributed by atoms with van der Waals surface area (Å²) in [5.41, 5.74) is 0. The largest absolute Gasteiger partial charge is 0.394 e. The molecule has 2 N–H and O–H groups in total. The average molecular weight is 228 g/mol. The quantitative estimate of drug-likeness (QED) is 0.735. The van der Waals surface area contributed by atoms with E-state index in [1.54, 1.807) is 0 Å². The molecular formula is C12H24N2O2. The topological polar surface area (TPSA) is 52.6 Å². The molecular weight excluding hydrogens is 204 g/mol. The van der Waals surface area contributed by atoms with Gasteiger partial charge in [-0.2, -0.15) is 0 Å². The zero-order valence-corrected chi connectivity index (χ0v) is 10.6. The van der Waals surface area contributed by atoms with Gasteiger partial charge in [-0.15, -0.1) is 0 Å². The van der Waals surface area contributed by atoms with Crippen molar-refractivity contribution in [2.45, 2.75) is 33.2 Å². The number of nitrogens with one attached hydrogen (secondary N) is 1. The van der Waals surface area contributed by atoms with Crippen molar-refractivity contribution in [2.24, 2.45) is 11.8 Å². The maximum Gasteiger partial charge on any atom is 0.239 e. The van der Waals surface area contributed by atoms with Crippen molar-refractivity contribution in [3.8, 4) is 0 Å². The van der Waals surface area contributed by atoms with Crippen LogP contribution in [-0.4, -0.2) is 48.2 Å². The molecule has 1 amide bonds. The molecule has 0 aliphatic carbocycles. The van der Waals surface area contributed by atoms with Crippen LogP contribution in [0.4, 0.5) is 0 Å². The first kappa shape index (κ1) is 13.5. The molecule has 1 heterocycles. The Morgan fingerprint density at radius 1 is 1.56 bits per heavy atom. The lowest BCUT2D eigenvalue weighted by Crippen LogP contribution is -2.47. The van der Waals surface area contributed by atoms with Crippen molar-refractivity contribution in [3.05, 3.63) is 0 Å². The van der Waals surface area contributed by atoms with Crippen LogP contribution in [0.1, 0.15) is 27.2 Å². The van der Waals surface area contributed by atoms with E-state index in [1.165, 1.54) is 0 Å². The van der Waals surface area contributed by atoms with Gasteiger partial charge in [0.25, 0.3) is 0 Å². The van der Waals surface area contributed by atoms with Gasteiger partial charge in [0, 0.05) is 13.1 Å². The first-order valence-corrected chi connectivity index (χ1v) is 6.17. The zero-order chi connectivity index (χ0) is 12.1. The fourth-order valence-corrected chi connectivity index (χ4v) is 2.02. The number of amides is 1. The molecule has 0 radical (unpaired) electrons. The van der Waals surface area contributed by atoms with E-state index >= 15 is 0 Å². The van der Waals surface area contributed by atoms with Gasteiger partial charge in [-0.05, 0) is 24.8 Å². The summed E-state index contributed by atoms with van der Waals surface area (Å²) in [6.45, 7) is 8.88. The average Bonchev–Trinajstić information content (AvgIpc) is 2.35. The zero-order valence-electron chi connectivity index (χ0n) is 10.6. The molecule has 94 valence electrons. The second-order valence-electron chi connectivity index (χ2n) is 5.23. The summed E-state index contributed by atoms with van der Waals surface area (Å²) >= 11 is 0. The van der Waals surface area contributed by atoms with Crippen LogP contribution in [0.3, 0.4) is 0 Å². The van der Waals surface area contributed by atoms with Crippen LogP contribution < -0.4 is 5.32 Å². The van der Waals surface area contributed by atoms with Gasteiger partial charge in [0.2, 0.25) is 5.91 Å². The second kappa shape index (κ2) is 6.21. The third-order valence-corrected chi connectivity index (χ3v) is 3.08. The van der Waals surface area contributed by atoms with Crippen LogP contribution in [0.15, 0.2) is 0 Å². The maximum absolute atomic E-state index is 11.7. The van der Waals surface area contributed by atoms with Gasteiger partial charge >= 0.3 is 0 Å². The van der Waals surface area contributed by atoms with Crippen LogP contribution in [0.2, 0.25) is 0 Å². The Morgan fingerprint density at radius 2 is 2.25 bits per heavy atom. The van der Waals surface area contributed by atoms with Crippen molar-refractivity contribution in [1.29, 1.82) is 0 Å². The number of aliphatic hydroxyl groups is 1. The molecule has 0 spiro atoms. The lowest BCUT2D eigenvalue weighted by molar-refractivity contribution is -0.126. The molecule has 1 aliphatic rings. The van der Waals surface area contributed by atoms with E-state index in [0.717, 1.165) is 19.5 Å². The molecule has 1 rings (SSSR count). The summed E-state index contributed by atoms with van der Waals surface area (Å²) < 4.78 is 0. The van der Waals surface area contributed by atoms with E-state index < -0.39 is 0 Å². The van der Waals surface area contributed by atoms with Gasteiger partial charge in [0.05, 0.1) is 6.61 Å². The van der Waals surface area contributed by atoms with Crippen molar-refractivity contribution < 1.29 is 9.90 Å². The molecule has 0 saturated carbocycles. The summed E-state index contributed by atoms with van der Waals surface area (Å²) in [6.07, 6.45) is 1.07. The predicted molar refractivity (Wildman–Crippen MR) is 64.1 cm³/mol. The fraction of sp³-hybridized carbons (Fsp3) is 0.917. The fourth-order valence-electron chi connectivity index (χ4n) is 2.02. The van der Waals surface area contributed by atoms with E-state index in [4.69, 9.17) is 0 Å². The van der Waals surface area contributed by atoms with Crippen molar-refractivity contribution in [1.82, 2.24) is 10.2 Å². The molecule has 2 atom stereocenters. The maximum atomic E-state index is 11.7. The molecule has 2 unspecified atom stereocenters.